The van der Waals surface area contributed by atoms with Crippen LogP contribution in [-0.4, -0.2) is 28.9 Å². The zero-order valence-corrected chi connectivity index (χ0v) is 20.6. The van der Waals surface area contributed by atoms with Gasteiger partial charge in [-0.3, -0.25) is 24.2 Å². The second-order valence-electron chi connectivity index (χ2n) is 8.68. The lowest BCUT2D eigenvalue weighted by atomic mass is 10.2. The summed E-state index contributed by atoms with van der Waals surface area (Å²) < 4.78 is 5.94. The van der Waals surface area contributed by atoms with Gasteiger partial charge in [-0.25, -0.2) is 4.98 Å². The van der Waals surface area contributed by atoms with E-state index in [0.29, 0.717) is 34.8 Å². The molecular formula is C27H22N6O2S. The molecule has 8 nitrogen and oxygen atoms in total. The van der Waals surface area contributed by atoms with Gasteiger partial charge in [-0.15, -0.1) is 0 Å². The van der Waals surface area contributed by atoms with Crippen molar-refractivity contribution in [2.45, 2.75) is 26.9 Å². The van der Waals surface area contributed by atoms with Crippen LogP contribution in [0.1, 0.15) is 22.6 Å². The Labute approximate surface area is 209 Å². The van der Waals surface area contributed by atoms with E-state index in [2.05, 4.69) is 9.97 Å². The Bertz CT molecular complexity index is 1830. The third-order valence-electron chi connectivity index (χ3n) is 6.28. The third kappa shape index (κ3) is 3.74. The molecule has 6 rings (SSSR count). The molecular weight excluding hydrogens is 472 g/mol. The fourth-order valence-electron chi connectivity index (χ4n) is 4.55. The van der Waals surface area contributed by atoms with Gasteiger partial charge in [-0.05, 0) is 37.6 Å². The molecule has 0 unspecified atom stereocenters. The van der Waals surface area contributed by atoms with Crippen molar-refractivity contribution in [3.05, 3.63) is 116 Å². The number of aromatic nitrogens is 6. The standard InChI is InChI=1S/C27H22N6O2S/c1-17-7-6-10-20(29-17)16-31-18(2)25-22(13-24(31)34)32(15-19-8-4-3-5-9-19)33(26(25)35)27-30-21-11-12-28-14-23(21)36-27/h3-14H,15-16H2,1-2H3. The Morgan fingerprint density at radius 3 is 2.53 bits per heavy atom. The Kier molecular flexibility index (Phi) is 5.34. The van der Waals surface area contributed by atoms with E-state index < -0.39 is 0 Å². The number of rotatable bonds is 5. The molecule has 0 fully saturated rings. The first-order valence-corrected chi connectivity index (χ1v) is 12.3. The average molecular weight is 495 g/mol. The van der Waals surface area contributed by atoms with E-state index in [-0.39, 0.29) is 11.1 Å². The second-order valence-corrected chi connectivity index (χ2v) is 9.69. The zero-order chi connectivity index (χ0) is 24.8. The van der Waals surface area contributed by atoms with E-state index in [0.717, 1.165) is 27.2 Å². The lowest BCUT2D eigenvalue weighted by Gasteiger charge is -2.12. The highest BCUT2D eigenvalue weighted by atomic mass is 32.1. The topological polar surface area (TPSA) is 87.6 Å². The summed E-state index contributed by atoms with van der Waals surface area (Å²) in [6.45, 7) is 4.44. The van der Waals surface area contributed by atoms with E-state index in [1.54, 1.807) is 27.7 Å². The molecule has 5 heterocycles. The van der Waals surface area contributed by atoms with E-state index in [1.807, 2.05) is 73.1 Å². The van der Waals surface area contributed by atoms with Gasteiger partial charge < -0.3 is 4.57 Å². The van der Waals surface area contributed by atoms with Crippen LogP contribution in [0.5, 0.6) is 0 Å². The molecule has 0 atom stereocenters. The van der Waals surface area contributed by atoms with Gasteiger partial charge in [0.25, 0.3) is 11.1 Å². The molecule has 0 aliphatic rings. The SMILES string of the molecule is Cc1cccc(Cn2c(C)c3c(=O)n(-c4nc5ccncc5s4)n(Cc4ccccc4)c3cc2=O)n1. The Balaban J connectivity index is 1.61. The molecule has 9 heteroatoms. The van der Waals surface area contributed by atoms with Crippen LogP contribution >= 0.6 is 11.3 Å². The highest BCUT2D eigenvalue weighted by Crippen LogP contribution is 2.26. The van der Waals surface area contributed by atoms with Gasteiger partial charge >= 0.3 is 0 Å². The van der Waals surface area contributed by atoms with Crippen molar-refractivity contribution in [1.82, 2.24) is 28.9 Å². The lowest BCUT2D eigenvalue weighted by Crippen LogP contribution is -2.24. The van der Waals surface area contributed by atoms with Crippen LogP contribution < -0.4 is 11.1 Å². The number of aryl methyl sites for hydroxylation is 2. The molecule has 178 valence electrons. The molecule has 0 bridgehead atoms. The van der Waals surface area contributed by atoms with Crippen molar-refractivity contribution in [1.29, 1.82) is 0 Å². The Morgan fingerprint density at radius 2 is 1.75 bits per heavy atom. The molecule has 0 aliphatic heterocycles. The van der Waals surface area contributed by atoms with Crippen LogP contribution in [0.15, 0.2) is 82.6 Å². The summed E-state index contributed by atoms with van der Waals surface area (Å²) in [7, 11) is 0. The van der Waals surface area contributed by atoms with Gasteiger partial charge in [-0.2, -0.15) is 4.68 Å². The monoisotopic (exact) mass is 494 g/mol. The van der Waals surface area contributed by atoms with E-state index in [4.69, 9.17) is 4.98 Å². The quantitative estimate of drug-likeness (QED) is 0.361. The highest BCUT2D eigenvalue weighted by Gasteiger charge is 2.22. The van der Waals surface area contributed by atoms with Gasteiger partial charge in [0.05, 0.1) is 39.9 Å². The average Bonchev–Trinajstić information content (AvgIpc) is 3.41. The molecule has 5 aromatic heterocycles. The first kappa shape index (κ1) is 22.1. The summed E-state index contributed by atoms with van der Waals surface area (Å²) in [5.74, 6) is 0. The van der Waals surface area contributed by atoms with Crippen molar-refractivity contribution >= 4 is 32.5 Å². The molecule has 6 aromatic rings. The summed E-state index contributed by atoms with van der Waals surface area (Å²) >= 11 is 1.40. The first-order valence-electron chi connectivity index (χ1n) is 11.5. The summed E-state index contributed by atoms with van der Waals surface area (Å²) in [6.07, 6.45) is 3.43. The van der Waals surface area contributed by atoms with Crippen LogP contribution in [0.3, 0.4) is 0 Å². The summed E-state index contributed by atoms with van der Waals surface area (Å²) in [6, 6.07) is 19.0. The molecule has 0 amide bonds. The second kappa shape index (κ2) is 8.69. The summed E-state index contributed by atoms with van der Waals surface area (Å²) in [5.41, 5.74) is 4.22. The maximum atomic E-state index is 14.0. The maximum Gasteiger partial charge on any atom is 0.283 e. The fourth-order valence-corrected chi connectivity index (χ4v) is 5.49. The highest BCUT2D eigenvalue weighted by molar-refractivity contribution is 7.20. The molecule has 0 saturated heterocycles. The summed E-state index contributed by atoms with van der Waals surface area (Å²) in [4.78, 5) is 40.7. The minimum atomic E-state index is -0.212. The van der Waals surface area contributed by atoms with Crippen LogP contribution in [-0.2, 0) is 13.1 Å². The van der Waals surface area contributed by atoms with Gasteiger partial charge in [0, 0.05) is 29.8 Å². The normalized spacial score (nSPS) is 11.5. The van der Waals surface area contributed by atoms with Crippen LogP contribution in [0, 0.1) is 13.8 Å². The number of nitrogens with zero attached hydrogens (tertiary/aromatic N) is 6. The number of hydrogen-bond acceptors (Lipinski definition) is 6. The van der Waals surface area contributed by atoms with Crippen molar-refractivity contribution < 1.29 is 0 Å². The number of benzene rings is 1. The lowest BCUT2D eigenvalue weighted by molar-refractivity contribution is 0.610. The Morgan fingerprint density at radius 1 is 0.917 bits per heavy atom. The molecule has 0 saturated carbocycles. The molecule has 0 N–H and O–H groups in total. The van der Waals surface area contributed by atoms with Crippen LogP contribution in [0.4, 0.5) is 0 Å². The minimum absolute atomic E-state index is 0.184. The van der Waals surface area contributed by atoms with Gasteiger partial charge in [0.2, 0.25) is 5.13 Å². The molecule has 0 aliphatic carbocycles. The third-order valence-corrected chi connectivity index (χ3v) is 7.26. The van der Waals surface area contributed by atoms with Crippen LogP contribution in [0.25, 0.3) is 26.3 Å². The van der Waals surface area contributed by atoms with Gasteiger partial charge in [0.15, 0.2) is 0 Å². The van der Waals surface area contributed by atoms with E-state index in [1.165, 1.54) is 11.3 Å². The molecule has 1 aromatic carbocycles. The van der Waals surface area contributed by atoms with Crippen molar-refractivity contribution in [3.63, 3.8) is 0 Å². The number of fused-ring (bicyclic) bond motifs is 2. The van der Waals surface area contributed by atoms with Crippen LogP contribution in [0.2, 0.25) is 0 Å². The van der Waals surface area contributed by atoms with Crippen molar-refractivity contribution in [2.75, 3.05) is 0 Å². The molecule has 36 heavy (non-hydrogen) atoms. The van der Waals surface area contributed by atoms with E-state index in [9.17, 15) is 9.59 Å². The smallest absolute Gasteiger partial charge is 0.283 e. The van der Waals surface area contributed by atoms with Gasteiger partial charge in [-0.1, -0.05) is 47.7 Å². The summed E-state index contributed by atoms with van der Waals surface area (Å²) in [5, 5.41) is 1.03. The predicted molar refractivity (Wildman–Crippen MR) is 141 cm³/mol. The van der Waals surface area contributed by atoms with Crippen molar-refractivity contribution in [2.24, 2.45) is 0 Å². The fraction of sp³-hybridized carbons (Fsp3) is 0.148. The number of pyridine rings is 3. The minimum Gasteiger partial charge on any atom is -0.306 e. The maximum absolute atomic E-state index is 14.0. The first-order chi connectivity index (χ1) is 17.5. The van der Waals surface area contributed by atoms with Gasteiger partial charge in [0.1, 0.15) is 0 Å². The largest absolute Gasteiger partial charge is 0.306 e. The number of thiazole rings is 1. The Hall–Kier alpha value is -4.37. The molecule has 0 spiro atoms. The number of hydrogen-bond donors (Lipinski definition) is 0. The predicted octanol–water partition coefficient (Wildman–Crippen LogP) is 4.07. The molecule has 0 radical (unpaired) electrons. The van der Waals surface area contributed by atoms with Crippen molar-refractivity contribution in [3.8, 4) is 5.13 Å². The van der Waals surface area contributed by atoms with E-state index >= 15 is 0 Å². The zero-order valence-electron chi connectivity index (χ0n) is 19.8.